The standard InChI is InChI=1S/C17H23NO3/c1-3-6-12-16(15-8-5-10-21-15)18-13(11-17(12,2)19)14-7-4-9-20-14/h4-5,7-10,12-13,16,18-19H,3,6,11H2,1-2H3/t12-,13+,16+,17-/m1/s1. The molecule has 1 aliphatic heterocycles. The van der Waals surface area contributed by atoms with Gasteiger partial charge in [-0.2, -0.15) is 0 Å². The van der Waals surface area contributed by atoms with Crippen LogP contribution < -0.4 is 5.32 Å². The molecule has 1 saturated heterocycles. The summed E-state index contributed by atoms with van der Waals surface area (Å²) in [6, 6.07) is 7.70. The molecule has 1 fully saturated rings. The van der Waals surface area contributed by atoms with Gasteiger partial charge < -0.3 is 13.9 Å². The summed E-state index contributed by atoms with van der Waals surface area (Å²) in [4.78, 5) is 0. The van der Waals surface area contributed by atoms with Gasteiger partial charge in [0.2, 0.25) is 0 Å². The Kier molecular flexibility index (Phi) is 3.91. The largest absolute Gasteiger partial charge is 0.468 e. The zero-order valence-electron chi connectivity index (χ0n) is 12.6. The summed E-state index contributed by atoms with van der Waals surface area (Å²) in [5.41, 5.74) is -0.754. The summed E-state index contributed by atoms with van der Waals surface area (Å²) in [7, 11) is 0. The van der Waals surface area contributed by atoms with Crippen LogP contribution in [0, 0.1) is 5.92 Å². The third-order valence-corrected chi connectivity index (χ3v) is 4.54. The minimum Gasteiger partial charge on any atom is -0.468 e. The minimum absolute atomic E-state index is 0.00111. The van der Waals surface area contributed by atoms with Crippen LogP contribution in [0.15, 0.2) is 45.6 Å². The normalized spacial score (nSPS) is 33.2. The third-order valence-electron chi connectivity index (χ3n) is 4.54. The summed E-state index contributed by atoms with van der Waals surface area (Å²) in [6.45, 7) is 4.08. The summed E-state index contributed by atoms with van der Waals surface area (Å²) in [5.74, 6) is 1.87. The second kappa shape index (κ2) is 5.70. The molecule has 0 aliphatic carbocycles. The van der Waals surface area contributed by atoms with Crippen molar-refractivity contribution < 1.29 is 13.9 Å². The summed E-state index contributed by atoms with van der Waals surface area (Å²) < 4.78 is 11.1. The maximum absolute atomic E-state index is 11.0. The van der Waals surface area contributed by atoms with Gasteiger partial charge in [-0.15, -0.1) is 0 Å². The molecule has 4 nitrogen and oxygen atoms in total. The van der Waals surface area contributed by atoms with E-state index in [2.05, 4.69) is 12.2 Å². The molecule has 0 radical (unpaired) electrons. The molecule has 21 heavy (non-hydrogen) atoms. The molecule has 114 valence electrons. The number of hydrogen-bond acceptors (Lipinski definition) is 4. The first-order valence-electron chi connectivity index (χ1n) is 7.67. The van der Waals surface area contributed by atoms with Crippen LogP contribution in [0.4, 0.5) is 0 Å². The van der Waals surface area contributed by atoms with Crippen LogP contribution >= 0.6 is 0 Å². The Bertz CT molecular complexity index is 545. The fraction of sp³-hybridized carbons (Fsp3) is 0.529. The molecule has 4 atom stereocenters. The van der Waals surface area contributed by atoms with Gasteiger partial charge >= 0.3 is 0 Å². The number of hydrogen-bond donors (Lipinski definition) is 2. The SMILES string of the molecule is CCC[C@@H]1[C@@H](c2ccco2)N[C@H](c2ccco2)C[C@@]1(C)O. The van der Waals surface area contributed by atoms with Gasteiger partial charge in [-0.05, 0) is 44.0 Å². The first-order chi connectivity index (χ1) is 10.1. The Labute approximate surface area is 125 Å². The van der Waals surface area contributed by atoms with Crippen LogP contribution in [-0.2, 0) is 0 Å². The Balaban J connectivity index is 1.92. The van der Waals surface area contributed by atoms with E-state index in [1.807, 2.05) is 31.2 Å². The quantitative estimate of drug-likeness (QED) is 0.898. The molecule has 0 spiro atoms. The minimum atomic E-state index is -0.754. The zero-order valence-corrected chi connectivity index (χ0v) is 12.6. The highest BCUT2D eigenvalue weighted by molar-refractivity contribution is 5.16. The lowest BCUT2D eigenvalue weighted by Gasteiger charge is -2.45. The summed E-state index contributed by atoms with van der Waals surface area (Å²) in [6.07, 6.45) is 5.99. The van der Waals surface area contributed by atoms with Crippen molar-refractivity contribution in [2.75, 3.05) is 0 Å². The molecule has 0 saturated carbocycles. The molecule has 2 N–H and O–H groups in total. The highest BCUT2D eigenvalue weighted by Crippen LogP contribution is 2.45. The molecule has 0 aromatic carbocycles. The van der Waals surface area contributed by atoms with E-state index in [1.165, 1.54) is 0 Å². The maximum atomic E-state index is 11.0. The monoisotopic (exact) mass is 289 g/mol. The molecule has 4 heteroatoms. The van der Waals surface area contributed by atoms with Crippen LogP contribution in [0.1, 0.15) is 56.7 Å². The van der Waals surface area contributed by atoms with Crippen molar-refractivity contribution >= 4 is 0 Å². The fourth-order valence-corrected chi connectivity index (χ4v) is 3.53. The molecule has 2 aromatic heterocycles. The van der Waals surface area contributed by atoms with Crippen molar-refractivity contribution in [1.29, 1.82) is 0 Å². The second-order valence-corrected chi connectivity index (χ2v) is 6.18. The van der Waals surface area contributed by atoms with Gasteiger partial charge in [0.05, 0.1) is 30.2 Å². The first-order valence-corrected chi connectivity index (χ1v) is 7.67. The van der Waals surface area contributed by atoms with Crippen molar-refractivity contribution in [2.24, 2.45) is 5.92 Å². The first kappa shape index (κ1) is 14.4. The average molecular weight is 289 g/mol. The zero-order chi connectivity index (χ0) is 14.9. The lowest BCUT2D eigenvalue weighted by molar-refractivity contribution is -0.0695. The van der Waals surface area contributed by atoms with E-state index >= 15 is 0 Å². The van der Waals surface area contributed by atoms with Crippen LogP contribution in [0.25, 0.3) is 0 Å². The van der Waals surface area contributed by atoms with Crippen molar-refractivity contribution in [3.63, 3.8) is 0 Å². The van der Waals surface area contributed by atoms with Gasteiger partial charge in [0.25, 0.3) is 0 Å². The van der Waals surface area contributed by atoms with Crippen molar-refractivity contribution in [2.45, 2.75) is 50.8 Å². The van der Waals surface area contributed by atoms with Crippen molar-refractivity contribution in [1.82, 2.24) is 5.32 Å². The highest BCUT2D eigenvalue weighted by atomic mass is 16.3. The number of nitrogens with one attached hydrogen (secondary N) is 1. The van der Waals surface area contributed by atoms with Crippen LogP contribution in [0.5, 0.6) is 0 Å². The molecule has 1 aliphatic rings. The molecule has 0 amide bonds. The van der Waals surface area contributed by atoms with Gasteiger partial charge in [0, 0.05) is 5.92 Å². The Morgan fingerprint density at radius 3 is 2.48 bits per heavy atom. The summed E-state index contributed by atoms with van der Waals surface area (Å²) in [5, 5.41) is 14.6. The van der Waals surface area contributed by atoms with Gasteiger partial charge in [0.15, 0.2) is 0 Å². The van der Waals surface area contributed by atoms with E-state index in [4.69, 9.17) is 8.83 Å². The highest BCUT2D eigenvalue weighted by Gasteiger charge is 2.46. The Morgan fingerprint density at radius 2 is 1.90 bits per heavy atom. The predicted molar refractivity (Wildman–Crippen MR) is 79.7 cm³/mol. The van der Waals surface area contributed by atoms with Gasteiger partial charge in [-0.1, -0.05) is 13.3 Å². The smallest absolute Gasteiger partial charge is 0.121 e. The third kappa shape index (κ3) is 2.78. The van der Waals surface area contributed by atoms with E-state index < -0.39 is 5.60 Å². The topological polar surface area (TPSA) is 58.5 Å². The maximum Gasteiger partial charge on any atom is 0.121 e. The molecular weight excluding hydrogens is 266 g/mol. The van der Waals surface area contributed by atoms with Crippen molar-refractivity contribution in [3.05, 3.63) is 48.3 Å². The molecule has 0 unspecified atom stereocenters. The second-order valence-electron chi connectivity index (χ2n) is 6.18. The Morgan fingerprint density at radius 1 is 1.24 bits per heavy atom. The Hall–Kier alpha value is -1.52. The van der Waals surface area contributed by atoms with E-state index in [0.717, 1.165) is 24.4 Å². The van der Waals surface area contributed by atoms with Crippen LogP contribution in [-0.4, -0.2) is 10.7 Å². The van der Waals surface area contributed by atoms with Crippen molar-refractivity contribution in [3.8, 4) is 0 Å². The fourth-order valence-electron chi connectivity index (χ4n) is 3.53. The number of furan rings is 2. The van der Waals surface area contributed by atoms with Gasteiger partial charge in [-0.3, -0.25) is 5.32 Å². The predicted octanol–water partition coefficient (Wildman–Crippen LogP) is 3.82. The summed E-state index contributed by atoms with van der Waals surface area (Å²) >= 11 is 0. The molecular formula is C17H23NO3. The van der Waals surface area contributed by atoms with E-state index in [0.29, 0.717) is 6.42 Å². The average Bonchev–Trinajstić information content (AvgIpc) is 3.13. The van der Waals surface area contributed by atoms with Gasteiger partial charge in [-0.25, -0.2) is 0 Å². The lowest BCUT2D eigenvalue weighted by atomic mass is 9.72. The van der Waals surface area contributed by atoms with E-state index in [-0.39, 0.29) is 18.0 Å². The van der Waals surface area contributed by atoms with E-state index in [9.17, 15) is 5.11 Å². The number of rotatable bonds is 4. The molecule has 2 aromatic rings. The van der Waals surface area contributed by atoms with E-state index in [1.54, 1.807) is 12.5 Å². The van der Waals surface area contributed by atoms with Crippen LogP contribution in [0.2, 0.25) is 0 Å². The molecule has 3 rings (SSSR count). The number of aliphatic hydroxyl groups is 1. The van der Waals surface area contributed by atoms with Crippen LogP contribution in [0.3, 0.4) is 0 Å². The van der Waals surface area contributed by atoms with Gasteiger partial charge in [0.1, 0.15) is 11.5 Å². The molecule has 0 bridgehead atoms. The molecule has 3 heterocycles. The lowest BCUT2D eigenvalue weighted by Crippen LogP contribution is -2.51. The number of piperidine rings is 1.